The van der Waals surface area contributed by atoms with E-state index in [-0.39, 0.29) is 0 Å². The molecule has 0 spiro atoms. The summed E-state index contributed by atoms with van der Waals surface area (Å²) in [6, 6.07) is 11.5. The highest BCUT2D eigenvalue weighted by molar-refractivity contribution is 5.94. The number of H-pyrrole nitrogens is 1. The second-order valence-electron chi connectivity index (χ2n) is 5.24. The van der Waals surface area contributed by atoms with Crippen molar-refractivity contribution in [1.82, 2.24) is 19.9 Å². The van der Waals surface area contributed by atoms with Gasteiger partial charge in [0.05, 0.1) is 24.5 Å². The highest BCUT2D eigenvalue weighted by Gasteiger charge is 2.08. The quantitative estimate of drug-likeness (QED) is 0.599. The van der Waals surface area contributed by atoms with Gasteiger partial charge in [0.2, 0.25) is 5.95 Å². The number of pyridine rings is 1. The number of aromatic nitrogens is 4. The van der Waals surface area contributed by atoms with Gasteiger partial charge in [-0.2, -0.15) is 0 Å². The van der Waals surface area contributed by atoms with Gasteiger partial charge in [0.15, 0.2) is 0 Å². The fraction of sp³-hybridized carbons (Fsp3) is 0.0556. The molecule has 2 N–H and O–H groups in total. The molecular weight excluding hydrogens is 302 g/mol. The molecule has 0 bridgehead atoms. The summed E-state index contributed by atoms with van der Waals surface area (Å²) in [5.74, 6) is 1.35. The predicted molar refractivity (Wildman–Crippen MR) is 93.4 cm³/mol. The van der Waals surface area contributed by atoms with Gasteiger partial charge in [-0.15, -0.1) is 0 Å². The van der Waals surface area contributed by atoms with Crippen molar-refractivity contribution in [2.75, 3.05) is 12.4 Å². The minimum Gasteiger partial charge on any atom is -0.497 e. The molecule has 3 heterocycles. The molecule has 0 saturated heterocycles. The third-order valence-corrected chi connectivity index (χ3v) is 3.76. The van der Waals surface area contributed by atoms with Crippen molar-refractivity contribution in [2.45, 2.75) is 0 Å². The zero-order chi connectivity index (χ0) is 16.4. The van der Waals surface area contributed by atoms with Crippen molar-refractivity contribution < 1.29 is 4.74 Å². The number of aromatic amines is 1. The van der Waals surface area contributed by atoms with Crippen LogP contribution in [0.1, 0.15) is 0 Å². The van der Waals surface area contributed by atoms with Gasteiger partial charge < -0.3 is 15.0 Å². The number of fused-ring (bicyclic) bond motifs is 1. The first-order valence-electron chi connectivity index (χ1n) is 7.49. The van der Waals surface area contributed by atoms with E-state index in [1.807, 2.05) is 42.6 Å². The van der Waals surface area contributed by atoms with Crippen LogP contribution >= 0.6 is 0 Å². The molecule has 4 rings (SSSR count). The Labute approximate surface area is 138 Å². The Kier molecular flexibility index (Phi) is 3.55. The van der Waals surface area contributed by atoms with Crippen molar-refractivity contribution in [3.05, 3.63) is 61.2 Å². The predicted octanol–water partition coefficient (Wildman–Crippen LogP) is 3.77. The van der Waals surface area contributed by atoms with Crippen molar-refractivity contribution in [2.24, 2.45) is 0 Å². The molecule has 0 fully saturated rings. The van der Waals surface area contributed by atoms with Gasteiger partial charge in [0.1, 0.15) is 5.75 Å². The number of hydrogen-bond acceptors (Lipinski definition) is 5. The van der Waals surface area contributed by atoms with Crippen LogP contribution in [0, 0.1) is 0 Å². The number of benzene rings is 1. The maximum Gasteiger partial charge on any atom is 0.227 e. The molecule has 0 aliphatic rings. The summed E-state index contributed by atoms with van der Waals surface area (Å²) in [5.41, 5.74) is 3.75. The highest BCUT2D eigenvalue weighted by Crippen LogP contribution is 2.27. The Morgan fingerprint density at radius 1 is 1.04 bits per heavy atom. The largest absolute Gasteiger partial charge is 0.497 e. The first-order chi connectivity index (χ1) is 11.8. The van der Waals surface area contributed by atoms with Crippen LogP contribution in [0.15, 0.2) is 61.2 Å². The molecule has 1 aromatic carbocycles. The van der Waals surface area contributed by atoms with Crippen molar-refractivity contribution >= 4 is 22.5 Å². The summed E-state index contributed by atoms with van der Waals surface area (Å²) in [4.78, 5) is 16.2. The van der Waals surface area contributed by atoms with E-state index in [2.05, 4.69) is 25.3 Å². The molecule has 0 saturated carbocycles. The Balaban J connectivity index is 1.66. The fourth-order valence-corrected chi connectivity index (χ4v) is 2.56. The van der Waals surface area contributed by atoms with Crippen LogP contribution in [0.5, 0.6) is 5.75 Å². The minimum atomic E-state index is 0.543. The van der Waals surface area contributed by atoms with Crippen LogP contribution in [0.2, 0.25) is 0 Å². The van der Waals surface area contributed by atoms with E-state index in [9.17, 15) is 0 Å². The first-order valence-corrected chi connectivity index (χ1v) is 7.49. The van der Waals surface area contributed by atoms with Gasteiger partial charge in [-0.05, 0) is 36.4 Å². The van der Waals surface area contributed by atoms with Crippen LogP contribution in [0.4, 0.5) is 11.6 Å². The van der Waals surface area contributed by atoms with E-state index in [0.29, 0.717) is 5.95 Å². The number of rotatable bonds is 4. The van der Waals surface area contributed by atoms with Gasteiger partial charge in [-0.25, -0.2) is 9.97 Å². The molecule has 0 aliphatic heterocycles. The van der Waals surface area contributed by atoms with E-state index in [1.54, 1.807) is 25.7 Å². The lowest BCUT2D eigenvalue weighted by Crippen LogP contribution is -1.97. The Bertz CT molecular complexity index is 978. The molecule has 3 aromatic heterocycles. The monoisotopic (exact) mass is 317 g/mol. The zero-order valence-corrected chi connectivity index (χ0v) is 13.0. The van der Waals surface area contributed by atoms with Crippen LogP contribution in [0.3, 0.4) is 0 Å². The summed E-state index contributed by atoms with van der Waals surface area (Å²) in [5, 5.41) is 4.29. The number of ether oxygens (including phenoxy) is 1. The summed E-state index contributed by atoms with van der Waals surface area (Å²) < 4.78 is 5.16. The number of nitrogens with one attached hydrogen (secondary N) is 2. The van der Waals surface area contributed by atoms with E-state index in [4.69, 9.17) is 4.74 Å². The molecule has 0 amide bonds. The average molecular weight is 317 g/mol. The summed E-state index contributed by atoms with van der Waals surface area (Å²) in [7, 11) is 1.64. The summed E-state index contributed by atoms with van der Waals surface area (Å²) in [6.07, 6.45) is 7.26. The lowest BCUT2D eigenvalue weighted by Gasteiger charge is -2.07. The molecule has 0 radical (unpaired) electrons. The molecular formula is C18H15N5O. The lowest BCUT2D eigenvalue weighted by molar-refractivity contribution is 0.415. The van der Waals surface area contributed by atoms with Crippen LogP contribution in [-0.4, -0.2) is 27.0 Å². The maximum atomic E-state index is 5.16. The molecule has 6 heteroatoms. The van der Waals surface area contributed by atoms with E-state index in [1.165, 1.54) is 0 Å². The van der Waals surface area contributed by atoms with Crippen molar-refractivity contribution in [3.8, 4) is 17.0 Å². The van der Waals surface area contributed by atoms with Gasteiger partial charge in [0, 0.05) is 35.2 Å². The number of anilines is 2. The third-order valence-electron chi connectivity index (χ3n) is 3.76. The first kappa shape index (κ1) is 14.2. The molecule has 0 atom stereocenters. The molecule has 0 unspecified atom stereocenters. The average Bonchev–Trinajstić information content (AvgIpc) is 3.07. The van der Waals surface area contributed by atoms with Gasteiger partial charge in [-0.1, -0.05) is 0 Å². The minimum absolute atomic E-state index is 0.543. The Morgan fingerprint density at radius 3 is 2.75 bits per heavy atom. The topological polar surface area (TPSA) is 75.7 Å². The SMILES string of the molecule is COc1ccc(Nc2nccc(-c3c[nH]c4cnccc34)n2)cc1. The number of hydrogen-bond donors (Lipinski definition) is 2. The summed E-state index contributed by atoms with van der Waals surface area (Å²) in [6.45, 7) is 0. The van der Waals surface area contributed by atoms with Crippen LogP contribution in [-0.2, 0) is 0 Å². The van der Waals surface area contributed by atoms with Crippen molar-refractivity contribution in [3.63, 3.8) is 0 Å². The van der Waals surface area contributed by atoms with Gasteiger partial charge >= 0.3 is 0 Å². The Morgan fingerprint density at radius 2 is 1.92 bits per heavy atom. The van der Waals surface area contributed by atoms with Gasteiger partial charge in [-0.3, -0.25) is 4.98 Å². The Hall–Kier alpha value is -3.41. The van der Waals surface area contributed by atoms with E-state index < -0.39 is 0 Å². The maximum absolute atomic E-state index is 5.16. The highest BCUT2D eigenvalue weighted by atomic mass is 16.5. The molecule has 0 aliphatic carbocycles. The van der Waals surface area contributed by atoms with E-state index in [0.717, 1.165) is 33.6 Å². The van der Waals surface area contributed by atoms with Gasteiger partial charge in [0.25, 0.3) is 0 Å². The molecule has 6 nitrogen and oxygen atoms in total. The third kappa shape index (κ3) is 2.65. The smallest absolute Gasteiger partial charge is 0.227 e. The zero-order valence-electron chi connectivity index (χ0n) is 13.0. The van der Waals surface area contributed by atoms with E-state index >= 15 is 0 Å². The second kappa shape index (κ2) is 6.00. The summed E-state index contributed by atoms with van der Waals surface area (Å²) >= 11 is 0. The molecule has 4 aromatic rings. The van der Waals surface area contributed by atoms with Crippen molar-refractivity contribution in [1.29, 1.82) is 0 Å². The molecule has 24 heavy (non-hydrogen) atoms. The normalized spacial score (nSPS) is 10.7. The second-order valence-corrected chi connectivity index (χ2v) is 5.24. The fourth-order valence-electron chi connectivity index (χ4n) is 2.56. The number of nitrogens with zero attached hydrogens (tertiary/aromatic N) is 3. The molecule has 118 valence electrons. The van der Waals surface area contributed by atoms with Crippen LogP contribution in [0.25, 0.3) is 22.2 Å². The standard InChI is InChI=1S/C18H15N5O/c1-24-13-4-2-12(3-5-13)22-18-20-9-7-16(23-18)15-10-21-17-11-19-8-6-14(15)17/h2-11,21H,1H3,(H,20,22,23). The lowest BCUT2D eigenvalue weighted by atomic mass is 10.1. The van der Waals surface area contributed by atoms with Crippen LogP contribution < -0.4 is 10.1 Å². The number of methoxy groups -OCH3 is 1.